The normalized spacial score (nSPS) is 18.7. The summed E-state index contributed by atoms with van der Waals surface area (Å²) in [5.74, 6) is -1.10. The quantitative estimate of drug-likeness (QED) is 0.739. The summed E-state index contributed by atoms with van der Waals surface area (Å²) >= 11 is 0. The van der Waals surface area contributed by atoms with E-state index in [1.165, 1.54) is 12.1 Å². The lowest BCUT2D eigenvalue weighted by Gasteiger charge is -2.03. The minimum atomic E-state index is -1.01. The first-order valence-electron chi connectivity index (χ1n) is 4.74. The molecule has 2 rings (SSSR count). The van der Waals surface area contributed by atoms with Crippen molar-refractivity contribution in [3.05, 3.63) is 35.4 Å². The maximum absolute atomic E-state index is 11.7. The minimum Gasteiger partial charge on any atom is -0.478 e. The van der Waals surface area contributed by atoms with Crippen molar-refractivity contribution >= 4 is 11.9 Å². The zero-order valence-electron chi connectivity index (χ0n) is 8.30. The molecule has 1 aliphatic rings. The number of hydrogen-bond acceptors (Lipinski definition) is 2. The Morgan fingerprint density at radius 1 is 1.40 bits per heavy atom. The van der Waals surface area contributed by atoms with Crippen LogP contribution in [0.1, 0.15) is 27.6 Å². The summed E-state index contributed by atoms with van der Waals surface area (Å²) in [6, 6.07) is 6.40. The van der Waals surface area contributed by atoms with Crippen molar-refractivity contribution in [2.24, 2.45) is 0 Å². The lowest BCUT2D eigenvalue weighted by molar-refractivity contribution is 0.0697. The number of aromatic carboxylic acids is 1. The first-order valence-corrected chi connectivity index (χ1v) is 4.74. The summed E-state index contributed by atoms with van der Waals surface area (Å²) < 4.78 is 0. The Bertz CT molecular complexity index is 428. The van der Waals surface area contributed by atoms with Gasteiger partial charge in [0.2, 0.25) is 0 Å². The number of amides is 1. The van der Waals surface area contributed by atoms with Gasteiger partial charge in [0.15, 0.2) is 0 Å². The van der Waals surface area contributed by atoms with Gasteiger partial charge in [-0.3, -0.25) is 4.79 Å². The monoisotopic (exact) mass is 205 g/mol. The van der Waals surface area contributed by atoms with Crippen molar-refractivity contribution < 1.29 is 14.7 Å². The van der Waals surface area contributed by atoms with E-state index in [-0.39, 0.29) is 17.5 Å². The molecular weight excluding hydrogens is 194 g/mol. The summed E-state index contributed by atoms with van der Waals surface area (Å²) in [4.78, 5) is 24.1. The Balaban J connectivity index is 2.25. The van der Waals surface area contributed by atoms with E-state index in [9.17, 15) is 9.59 Å². The fourth-order valence-electron chi connectivity index (χ4n) is 1.47. The van der Waals surface area contributed by atoms with Gasteiger partial charge in [-0.25, -0.2) is 4.79 Å². The van der Waals surface area contributed by atoms with Crippen molar-refractivity contribution in [3.8, 4) is 0 Å². The molecule has 0 aromatic heterocycles. The summed E-state index contributed by atoms with van der Waals surface area (Å²) in [6.07, 6.45) is 0. The van der Waals surface area contributed by atoms with Gasteiger partial charge >= 0.3 is 5.97 Å². The molecule has 1 aliphatic heterocycles. The Hall–Kier alpha value is -1.84. The van der Waals surface area contributed by atoms with Crippen LogP contribution in [0.15, 0.2) is 24.3 Å². The number of carbonyl (C=O) groups excluding carboxylic acids is 1. The van der Waals surface area contributed by atoms with Crippen molar-refractivity contribution in [3.63, 3.8) is 0 Å². The third-order valence-corrected chi connectivity index (χ3v) is 2.48. The molecule has 1 amide bonds. The Labute approximate surface area is 87.1 Å². The van der Waals surface area contributed by atoms with Gasteiger partial charge in [0.1, 0.15) is 0 Å². The van der Waals surface area contributed by atoms with E-state index in [0.29, 0.717) is 5.56 Å². The topological polar surface area (TPSA) is 57.4 Å². The first kappa shape index (κ1) is 9.71. The van der Waals surface area contributed by atoms with Crippen LogP contribution in [-0.2, 0) is 0 Å². The molecular formula is C11H11NO3. The van der Waals surface area contributed by atoms with Crippen molar-refractivity contribution in [2.45, 2.75) is 13.0 Å². The minimum absolute atomic E-state index is 0.0920. The molecule has 1 heterocycles. The van der Waals surface area contributed by atoms with Crippen molar-refractivity contribution in [2.75, 3.05) is 6.54 Å². The van der Waals surface area contributed by atoms with Gasteiger partial charge < -0.3 is 10.0 Å². The van der Waals surface area contributed by atoms with E-state index in [1.54, 1.807) is 17.0 Å². The second-order valence-corrected chi connectivity index (χ2v) is 3.69. The molecule has 0 bridgehead atoms. The average Bonchev–Trinajstić information content (AvgIpc) is 2.94. The molecule has 0 radical (unpaired) electrons. The number of hydrogen-bond donors (Lipinski definition) is 1. The zero-order chi connectivity index (χ0) is 11.0. The van der Waals surface area contributed by atoms with Gasteiger partial charge in [-0.2, -0.15) is 0 Å². The van der Waals surface area contributed by atoms with Crippen molar-refractivity contribution in [1.29, 1.82) is 0 Å². The first-order chi connectivity index (χ1) is 7.09. The maximum Gasteiger partial charge on any atom is 0.335 e. The molecule has 1 aromatic rings. The predicted molar refractivity (Wildman–Crippen MR) is 53.9 cm³/mol. The van der Waals surface area contributed by atoms with Crippen LogP contribution in [0.4, 0.5) is 0 Å². The Morgan fingerprint density at radius 2 is 2.00 bits per heavy atom. The second-order valence-electron chi connectivity index (χ2n) is 3.69. The summed E-state index contributed by atoms with van der Waals surface area (Å²) in [7, 11) is 0. The third kappa shape index (κ3) is 1.83. The van der Waals surface area contributed by atoms with Crippen LogP contribution in [0.2, 0.25) is 0 Å². The van der Waals surface area contributed by atoms with Crippen LogP contribution in [0.5, 0.6) is 0 Å². The molecule has 0 spiro atoms. The zero-order valence-corrected chi connectivity index (χ0v) is 8.30. The largest absolute Gasteiger partial charge is 0.478 e. The molecule has 1 fully saturated rings. The smallest absolute Gasteiger partial charge is 0.335 e. The fraction of sp³-hybridized carbons (Fsp3) is 0.273. The molecule has 1 saturated heterocycles. The van der Waals surface area contributed by atoms with Crippen LogP contribution in [0.25, 0.3) is 0 Å². The van der Waals surface area contributed by atoms with E-state index in [2.05, 4.69) is 0 Å². The second kappa shape index (κ2) is 3.38. The Morgan fingerprint density at radius 3 is 2.53 bits per heavy atom. The van der Waals surface area contributed by atoms with Gasteiger partial charge in [0, 0.05) is 18.2 Å². The standard InChI is InChI=1S/C11H11NO3/c1-7-6-12(7)10(13)8-3-2-4-9(5-8)11(14)15/h2-5,7H,6H2,1H3,(H,14,15). The molecule has 0 aliphatic carbocycles. The van der Waals surface area contributed by atoms with Crippen LogP contribution in [-0.4, -0.2) is 34.5 Å². The van der Waals surface area contributed by atoms with Gasteiger partial charge in [-0.05, 0) is 25.1 Å². The van der Waals surface area contributed by atoms with Crippen LogP contribution in [0.3, 0.4) is 0 Å². The molecule has 1 atom stereocenters. The number of rotatable bonds is 2. The van der Waals surface area contributed by atoms with Gasteiger partial charge in [0.25, 0.3) is 5.91 Å². The number of carboxylic acids is 1. The van der Waals surface area contributed by atoms with Crippen LogP contribution in [0, 0.1) is 0 Å². The van der Waals surface area contributed by atoms with Crippen molar-refractivity contribution in [1.82, 2.24) is 4.90 Å². The van der Waals surface area contributed by atoms with E-state index in [1.807, 2.05) is 6.92 Å². The summed E-state index contributed by atoms with van der Waals surface area (Å²) in [5, 5.41) is 8.77. The lowest BCUT2D eigenvalue weighted by Crippen LogP contribution is -2.13. The molecule has 1 unspecified atom stereocenters. The fourth-order valence-corrected chi connectivity index (χ4v) is 1.47. The number of benzene rings is 1. The lowest BCUT2D eigenvalue weighted by atomic mass is 10.1. The van der Waals surface area contributed by atoms with E-state index in [0.717, 1.165) is 6.54 Å². The molecule has 0 saturated carbocycles. The molecule has 1 N–H and O–H groups in total. The van der Waals surface area contributed by atoms with Crippen LogP contribution < -0.4 is 0 Å². The van der Waals surface area contributed by atoms with E-state index in [4.69, 9.17) is 5.11 Å². The van der Waals surface area contributed by atoms with E-state index >= 15 is 0 Å². The van der Waals surface area contributed by atoms with Crippen LogP contribution >= 0.6 is 0 Å². The van der Waals surface area contributed by atoms with Gasteiger partial charge in [-0.1, -0.05) is 6.07 Å². The highest BCUT2D eigenvalue weighted by Crippen LogP contribution is 2.20. The molecule has 1 aromatic carbocycles. The summed E-state index contributed by atoms with van der Waals surface area (Å²) in [5.41, 5.74) is 0.592. The predicted octanol–water partition coefficient (Wildman–Crippen LogP) is 1.23. The molecule has 15 heavy (non-hydrogen) atoms. The molecule has 4 heteroatoms. The summed E-state index contributed by atoms with van der Waals surface area (Å²) in [6.45, 7) is 2.72. The highest BCUT2D eigenvalue weighted by Gasteiger charge is 2.34. The van der Waals surface area contributed by atoms with E-state index < -0.39 is 5.97 Å². The maximum atomic E-state index is 11.7. The number of nitrogens with zero attached hydrogens (tertiary/aromatic N) is 1. The highest BCUT2D eigenvalue weighted by molar-refractivity contribution is 5.98. The molecule has 78 valence electrons. The Kier molecular flexibility index (Phi) is 2.19. The van der Waals surface area contributed by atoms with Gasteiger partial charge in [-0.15, -0.1) is 0 Å². The third-order valence-electron chi connectivity index (χ3n) is 2.48. The van der Waals surface area contributed by atoms with Gasteiger partial charge in [0.05, 0.1) is 5.56 Å². The molecule has 4 nitrogen and oxygen atoms in total. The number of carboxylic acid groups (broad SMARTS) is 1. The highest BCUT2D eigenvalue weighted by atomic mass is 16.4. The number of carbonyl (C=O) groups is 2. The average molecular weight is 205 g/mol. The SMILES string of the molecule is CC1CN1C(=O)c1cccc(C(=O)O)c1.